The predicted octanol–water partition coefficient (Wildman–Crippen LogP) is 3.66. The Morgan fingerprint density at radius 2 is 1.95 bits per heavy atom. The van der Waals surface area contributed by atoms with Gasteiger partial charge in [-0.15, -0.1) is 0 Å². The summed E-state index contributed by atoms with van der Waals surface area (Å²) < 4.78 is 6.99. The minimum atomic E-state index is 0.760. The van der Waals surface area contributed by atoms with Crippen molar-refractivity contribution in [2.45, 2.75) is 44.7 Å². The predicted molar refractivity (Wildman–Crippen MR) is 79.4 cm³/mol. The standard InChI is InChI=1S/C16H20BrNO/c17-14-7-12-5-6-19-16(12)13(8-14)9-18-15(10-1-2-10)11-3-4-11/h7-8,10-11,15,18H,1-6,9H2. The summed E-state index contributed by atoms with van der Waals surface area (Å²) in [4.78, 5) is 0. The lowest BCUT2D eigenvalue weighted by Crippen LogP contribution is -2.32. The Morgan fingerprint density at radius 1 is 1.21 bits per heavy atom. The molecule has 1 aromatic rings. The molecular formula is C16H20BrNO. The highest BCUT2D eigenvalue weighted by Crippen LogP contribution is 2.45. The van der Waals surface area contributed by atoms with Gasteiger partial charge in [0.25, 0.3) is 0 Å². The molecule has 3 heteroatoms. The molecule has 19 heavy (non-hydrogen) atoms. The summed E-state index contributed by atoms with van der Waals surface area (Å²) in [6.07, 6.45) is 6.78. The van der Waals surface area contributed by atoms with Gasteiger partial charge in [-0.25, -0.2) is 0 Å². The SMILES string of the molecule is Brc1cc2c(c(CNC(C3CC3)C3CC3)c1)OCC2. The van der Waals surface area contributed by atoms with E-state index in [0.717, 1.165) is 43.2 Å². The minimum Gasteiger partial charge on any atom is -0.493 e. The quantitative estimate of drug-likeness (QED) is 0.893. The molecule has 2 fully saturated rings. The molecule has 1 aliphatic heterocycles. The van der Waals surface area contributed by atoms with E-state index in [2.05, 4.69) is 33.4 Å². The first kappa shape index (κ1) is 12.2. The third kappa shape index (κ3) is 2.55. The van der Waals surface area contributed by atoms with Crippen LogP contribution in [0.3, 0.4) is 0 Å². The van der Waals surface area contributed by atoms with E-state index in [4.69, 9.17) is 4.74 Å². The lowest BCUT2D eigenvalue weighted by Gasteiger charge is -2.19. The molecule has 1 N–H and O–H groups in total. The summed E-state index contributed by atoms with van der Waals surface area (Å²) in [5.74, 6) is 3.04. The second-order valence-electron chi connectivity index (χ2n) is 6.23. The number of nitrogens with one attached hydrogen (secondary N) is 1. The fourth-order valence-electron chi connectivity index (χ4n) is 3.33. The van der Waals surface area contributed by atoms with Crippen LogP contribution in [0.5, 0.6) is 5.75 Å². The smallest absolute Gasteiger partial charge is 0.127 e. The average Bonchev–Trinajstić information content (AvgIpc) is 3.30. The van der Waals surface area contributed by atoms with E-state index in [1.165, 1.54) is 41.3 Å². The average molecular weight is 322 g/mol. The van der Waals surface area contributed by atoms with E-state index in [1.54, 1.807) is 0 Å². The van der Waals surface area contributed by atoms with Crippen LogP contribution in [-0.2, 0) is 13.0 Å². The molecule has 0 aromatic heterocycles. The van der Waals surface area contributed by atoms with Gasteiger partial charge in [0.2, 0.25) is 0 Å². The lowest BCUT2D eigenvalue weighted by molar-refractivity contribution is 0.348. The monoisotopic (exact) mass is 321 g/mol. The zero-order chi connectivity index (χ0) is 12.8. The van der Waals surface area contributed by atoms with Gasteiger partial charge in [0.15, 0.2) is 0 Å². The van der Waals surface area contributed by atoms with E-state index in [-0.39, 0.29) is 0 Å². The number of hydrogen-bond donors (Lipinski definition) is 1. The zero-order valence-corrected chi connectivity index (χ0v) is 12.7. The minimum absolute atomic E-state index is 0.760. The number of hydrogen-bond acceptors (Lipinski definition) is 2. The summed E-state index contributed by atoms with van der Waals surface area (Å²) in [6, 6.07) is 5.18. The Balaban J connectivity index is 1.50. The summed E-state index contributed by atoms with van der Waals surface area (Å²) in [6.45, 7) is 1.80. The molecule has 2 aliphatic carbocycles. The van der Waals surface area contributed by atoms with Gasteiger partial charge in [0.1, 0.15) is 5.75 Å². The second-order valence-corrected chi connectivity index (χ2v) is 7.15. The van der Waals surface area contributed by atoms with E-state index in [0.29, 0.717) is 0 Å². The molecular weight excluding hydrogens is 302 g/mol. The van der Waals surface area contributed by atoms with Crippen molar-refractivity contribution in [2.24, 2.45) is 11.8 Å². The first-order valence-electron chi connectivity index (χ1n) is 7.49. The van der Waals surface area contributed by atoms with Gasteiger partial charge in [-0.3, -0.25) is 0 Å². The van der Waals surface area contributed by atoms with Gasteiger partial charge in [-0.1, -0.05) is 15.9 Å². The molecule has 1 aromatic carbocycles. The van der Waals surface area contributed by atoms with Gasteiger partial charge in [0.05, 0.1) is 6.61 Å². The molecule has 0 bridgehead atoms. The third-order valence-corrected chi connectivity index (χ3v) is 5.07. The summed E-state index contributed by atoms with van der Waals surface area (Å²) >= 11 is 3.62. The third-order valence-electron chi connectivity index (χ3n) is 4.61. The highest BCUT2D eigenvalue weighted by atomic mass is 79.9. The van der Waals surface area contributed by atoms with E-state index >= 15 is 0 Å². The molecule has 3 aliphatic rings. The van der Waals surface area contributed by atoms with Crippen molar-refractivity contribution in [2.75, 3.05) is 6.61 Å². The summed E-state index contributed by atoms with van der Waals surface area (Å²) in [7, 11) is 0. The molecule has 0 saturated heterocycles. The van der Waals surface area contributed by atoms with Crippen LogP contribution in [0, 0.1) is 11.8 Å². The molecule has 0 spiro atoms. The molecule has 0 unspecified atom stereocenters. The van der Waals surface area contributed by atoms with Gasteiger partial charge in [-0.05, 0) is 55.2 Å². The maximum atomic E-state index is 5.81. The number of rotatable bonds is 5. The van der Waals surface area contributed by atoms with Crippen LogP contribution in [0.15, 0.2) is 16.6 Å². The molecule has 4 rings (SSSR count). The van der Waals surface area contributed by atoms with Crippen molar-refractivity contribution in [3.63, 3.8) is 0 Å². The number of halogens is 1. The van der Waals surface area contributed by atoms with Gasteiger partial charge in [-0.2, -0.15) is 0 Å². The largest absolute Gasteiger partial charge is 0.493 e. The molecule has 102 valence electrons. The zero-order valence-electron chi connectivity index (χ0n) is 11.1. The van der Waals surface area contributed by atoms with Crippen molar-refractivity contribution in [1.29, 1.82) is 0 Å². The van der Waals surface area contributed by atoms with Crippen LogP contribution in [0.2, 0.25) is 0 Å². The number of benzene rings is 1. The topological polar surface area (TPSA) is 21.3 Å². The lowest BCUT2D eigenvalue weighted by atomic mass is 10.1. The Hall–Kier alpha value is -0.540. The molecule has 0 atom stereocenters. The van der Waals surface area contributed by atoms with Crippen LogP contribution in [0.4, 0.5) is 0 Å². The van der Waals surface area contributed by atoms with Crippen molar-refractivity contribution in [3.05, 3.63) is 27.7 Å². The first-order chi connectivity index (χ1) is 9.31. The van der Waals surface area contributed by atoms with E-state index < -0.39 is 0 Å². The van der Waals surface area contributed by atoms with Crippen molar-refractivity contribution in [1.82, 2.24) is 5.32 Å². The molecule has 2 saturated carbocycles. The number of fused-ring (bicyclic) bond motifs is 1. The molecule has 1 heterocycles. The fourth-order valence-corrected chi connectivity index (χ4v) is 3.89. The Kier molecular flexibility index (Phi) is 3.07. The van der Waals surface area contributed by atoms with Gasteiger partial charge >= 0.3 is 0 Å². The Morgan fingerprint density at radius 3 is 2.63 bits per heavy atom. The normalized spacial score (nSPS) is 21.6. The summed E-state index contributed by atoms with van der Waals surface area (Å²) in [5, 5.41) is 3.82. The highest BCUT2D eigenvalue weighted by molar-refractivity contribution is 9.10. The van der Waals surface area contributed by atoms with Crippen LogP contribution >= 0.6 is 15.9 Å². The van der Waals surface area contributed by atoms with E-state index in [9.17, 15) is 0 Å². The summed E-state index contributed by atoms with van der Waals surface area (Å²) in [5.41, 5.74) is 2.69. The first-order valence-corrected chi connectivity index (χ1v) is 8.28. The fraction of sp³-hybridized carbons (Fsp3) is 0.625. The number of ether oxygens (including phenoxy) is 1. The second kappa shape index (κ2) is 4.78. The molecule has 0 amide bonds. The van der Waals surface area contributed by atoms with Crippen molar-refractivity contribution in [3.8, 4) is 5.75 Å². The van der Waals surface area contributed by atoms with Gasteiger partial charge < -0.3 is 10.1 Å². The van der Waals surface area contributed by atoms with E-state index in [1.807, 2.05) is 0 Å². The Bertz CT molecular complexity index is 482. The maximum absolute atomic E-state index is 5.81. The van der Waals surface area contributed by atoms with Crippen molar-refractivity contribution >= 4 is 15.9 Å². The van der Waals surface area contributed by atoms with Crippen LogP contribution < -0.4 is 10.1 Å². The van der Waals surface area contributed by atoms with Gasteiger partial charge in [0, 0.05) is 29.0 Å². The van der Waals surface area contributed by atoms with Crippen LogP contribution in [0.1, 0.15) is 36.8 Å². The van der Waals surface area contributed by atoms with Crippen LogP contribution in [-0.4, -0.2) is 12.6 Å². The molecule has 0 radical (unpaired) electrons. The maximum Gasteiger partial charge on any atom is 0.127 e. The highest BCUT2D eigenvalue weighted by Gasteiger charge is 2.41. The van der Waals surface area contributed by atoms with Crippen molar-refractivity contribution < 1.29 is 4.74 Å². The molecule has 2 nitrogen and oxygen atoms in total. The van der Waals surface area contributed by atoms with Crippen LogP contribution in [0.25, 0.3) is 0 Å². The Labute approximate surface area is 123 Å².